The molecule has 0 aliphatic carbocycles. The Bertz CT molecular complexity index is 600. The number of hydrogen-bond donors (Lipinski definition) is 1. The van der Waals surface area contributed by atoms with Crippen molar-refractivity contribution in [3.63, 3.8) is 0 Å². The first-order valence-electron chi connectivity index (χ1n) is 5.54. The Balaban J connectivity index is 2.00. The molecule has 7 heteroatoms. The van der Waals surface area contributed by atoms with E-state index in [4.69, 9.17) is 0 Å². The Labute approximate surface area is 114 Å². The third kappa shape index (κ3) is 3.35. The van der Waals surface area contributed by atoms with Crippen molar-refractivity contribution in [2.45, 2.75) is 13.8 Å². The topological polar surface area (TPSA) is 80.4 Å². The van der Waals surface area contributed by atoms with Gasteiger partial charge in [-0.2, -0.15) is 5.10 Å². The van der Waals surface area contributed by atoms with Crippen molar-refractivity contribution in [2.75, 3.05) is 5.43 Å². The van der Waals surface area contributed by atoms with Gasteiger partial charge >= 0.3 is 0 Å². The molecule has 0 amide bonds. The van der Waals surface area contributed by atoms with Gasteiger partial charge in [0.05, 0.1) is 16.8 Å². The van der Waals surface area contributed by atoms with E-state index in [9.17, 15) is 10.1 Å². The molecule has 0 saturated heterocycles. The van der Waals surface area contributed by atoms with E-state index in [1.807, 2.05) is 13.8 Å². The highest BCUT2D eigenvalue weighted by Gasteiger charge is 2.03. The lowest BCUT2D eigenvalue weighted by atomic mass is 10.2. The summed E-state index contributed by atoms with van der Waals surface area (Å²) in [5.41, 5.74) is 4.67. The van der Waals surface area contributed by atoms with Gasteiger partial charge in [0.25, 0.3) is 5.69 Å². The van der Waals surface area contributed by atoms with Crippen LogP contribution >= 0.6 is 11.3 Å². The molecule has 0 aliphatic heterocycles. The highest BCUT2D eigenvalue weighted by Crippen LogP contribution is 2.20. The van der Waals surface area contributed by atoms with Gasteiger partial charge < -0.3 is 0 Å². The Morgan fingerprint density at radius 1 is 1.37 bits per heavy atom. The fourth-order valence-electron chi connectivity index (χ4n) is 1.36. The SMILES string of the molecule is Cc1nc(N/N=C\c2ccc([N+](=O)[O-])cc2)sc1C. The van der Waals surface area contributed by atoms with E-state index in [1.54, 1.807) is 18.3 Å². The normalized spacial score (nSPS) is 10.8. The molecule has 0 fully saturated rings. The molecular weight excluding hydrogens is 264 g/mol. The van der Waals surface area contributed by atoms with Crippen molar-refractivity contribution in [3.8, 4) is 0 Å². The molecule has 1 aromatic carbocycles. The molecular formula is C12H12N4O2S. The van der Waals surface area contributed by atoms with Gasteiger partial charge in [-0.15, -0.1) is 11.3 Å². The summed E-state index contributed by atoms with van der Waals surface area (Å²) >= 11 is 1.53. The Kier molecular flexibility index (Phi) is 3.86. The van der Waals surface area contributed by atoms with Gasteiger partial charge in [-0.25, -0.2) is 4.98 Å². The summed E-state index contributed by atoms with van der Waals surface area (Å²) in [5, 5.41) is 15.3. The summed E-state index contributed by atoms with van der Waals surface area (Å²) in [7, 11) is 0. The monoisotopic (exact) mass is 276 g/mol. The summed E-state index contributed by atoms with van der Waals surface area (Å²) in [5.74, 6) is 0. The van der Waals surface area contributed by atoms with Gasteiger partial charge in [0.1, 0.15) is 0 Å². The van der Waals surface area contributed by atoms with Crippen LogP contribution in [0.1, 0.15) is 16.1 Å². The van der Waals surface area contributed by atoms with E-state index in [0.717, 1.165) is 21.3 Å². The van der Waals surface area contributed by atoms with Gasteiger partial charge in [-0.3, -0.25) is 15.5 Å². The highest BCUT2D eigenvalue weighted by atomic mass is 32.1. The van der Waals surface area contributed by atoms with Crippen LogP contribution in [0.4, 0.5) is 10.8 Å². The molecule has 0 radical (unpaired) electrons. The molecule has 0 spiro atoms. The van der Waals surface area contributed by atoms with Gasteiger partial charge in [0.15, 0.2) is 0 Å². The van der Waals surface area contributed by atoms with Crippen LogP contribution in [0.15, 0.2) is 29.4 Å². The molecule has 2 aromatic rings. The number of hydrazone groups is 1. The number of benzene rings is 1. The number of nitro groups is 1. The van der Waals surface area contributed by atoms with E-state index >= 15 is 0 Å². The number of nitrogens with zero attached hydrogens (tertiary/aromatic N) is 3. The Hall–Kier alpha value is -2.28. The summed E-state index contributed by atoms with van der Waals surface area (Å²) in [4.78, 5) is 15.5. The summed E-state index contributed by atoms with van der Waals surface area (Å²) in [6.07, 6.45) is 1.59. The van der Waals surface area contributed by atoms with Crippen molar-refractivity contribution in [1.82, 2.24) is 4.98 Å². The number of aromatic nitrogens is 1. The zero-order valence-electron chi connectivity index (χ0n) is 10.5. The first-order valence-corrected chi connectivity index (χ1v) is 6.35. The molecule has 1 heterocycles. The lowest BCUT2D eigenvalue weighted by molar-refractivity contribution is -0.384. The number of aryl methyl sites for hydroxylation is 2. The molecule has 0 aliphatic rings. The number of nitro benzene ring substituents is 1. The zero-order valence-corrected chi connectivity index (χ0v) is 11.3. The molecule has 2 rings (SSSR count). The second-order valence-corrected chi connectivity index (χ2v) is 5.08. The average molecular weight is 276 g/mol. The van der Waals surface area contributed by atoms with Crippen LogP contribution in [0.2, 0.25) is 0 Å². The maximum absolute atomic E-state index is 10.5. The smallest absolute Gasteiger partial charge is 0.258 e. The van der Waals surface area contributed by atoms with E-state index in [0.29, 0.717) is 0 Å². The average Bonchev–Trinajstić information content (AvgIpc) is 2.69. The number of nitrogens with one attached hydrogen (secondary N) is 1. The molecule has 1 N–H and O–H groups in total. The van der Waals surface area contributed by atoms with Crippen LogP contribution in [0.5, 0.6) is 0 Å². The second kappa shape index (κ2) is 5.57. The standard InChI is InChI=1S/C12H12N4O2S/c1-8-9(2)19-12(14-8)15-13-7-10-3-5-11(6-4-10)16(17)18/h3-7H,1-2H3,(H,14,15)/b13-7-. The predicted molar refractivity (Wildman–Crippen MR) is 75.9 cm³/mol. The first kappa shape index (κ1) is 13.2. The summed E-state index contributed by atoms with van der Waals surface area (Å²) in [6, 6.07) is 6.17. The van der Waals surface area contributed by atoms with Crippen molar-refractivity contribution >= 4 is 28.4 Å². The van der Waals surface area contributed by atoms with Gasteiger partial charge in [0, 0.05) is 17.0 Å². The molecule has 0 saturated carbocycles. The summed E-state index contributed by atoms with van der Waals surface area (Å²) in [6.45, 7) is 3.94. The van der Waals surface area contributed by atoms with Crippen LogP contribution in [-0.4, -0.2) is 16.1 Å². The van der Waals surface area contributed by atoms with Crippen LogP contribution < -0.4 is 5.43 Å². The minimum atomic E-state index is -0.430. The van der Waals surface area contributed by atoms with E-state index in [1.165, 1.54) is 23.5 Å². The van der Waals surface area contributed by atoms with Gasteiger partial charge in [-0.1, -0.05) is 0 Å². The lowest BCUT2D eigenvalue weighted by Gasteiger charge is -1.94. The van der Waals surface area contributed by atoms with E-state index < -0.39 is 4.92 Å². The van der Waals surface area contributed by atoms with Crippen LogP contribution in [0.25, 0.3) is 0 Å². The fourth-order valence-corrected chi connectivity index (χ4v) is 2.13. The number of rotatable bonds is 4. The summed E-state index contributed by atoms with van der Waals surface area (Å²) < 4.78 is 0. The van der Waals surface area contributed by atoms with Crippen LogP contribution in [0.3, 0.4) is 0 Å². The number of thiazole rings is 1. The van der Waals surface area contributed by atoms with Gasteiger partial charge in [0.2, 0.25) is 5.13 Å². The molecule has 1 aromatic heterocycles. The van der Waals surface area contributed by atoms with Crippen molar-refractivity contribution < 1.29 is 4.92 Å². The quantitative estimate of drug-likeness (QED) is 0.528. The van der Waals surface area contributed by atoms with Crippen molar-refractivity contribution in [3.05, 3.63) is 50.5 Å². The van der Waals surface area contributed by atoms with Crippen LogP contribution in [0, 0.1) is 24.0 Å². The third-order valence-electron chi connectivity index (χ3n) is 2.51. The fraction of sp³-hybridized carbons (Fsp3) is 0.167. The predicted octanol–water partition coefficient (Wildman–Crippen LogP) is 3.11. The maximum Gasteiger partial charge on any atom is 0.269 e. The molecule has 0 unspecified atom stereocenters. The van der Waals surface area contributed by atoms with Gasteiger partial charge in [-0.05, 0) is 31.5 Å². The Morgan fingerprint density at radius 3 is 2.58 bits per heavy atom. The maximum atomic E-state index is 10.5. The van der Waals surface area contributed by atoms with E-state index in [2.05, 4.69) is 15.5 Å². The molecule has 19 heavy (non-hydrogen) atoms. The number of non-ortho nitro benzene ring substituents is 1. The number of hydrogen-bond acceptors (Lipinski definition) is 6. The lowest BCUT2D eigenvalue weighted by Crippen LogP contribution is -1.91. The van der Waals surface area contributed by atoms with E-state index in [-0.39, 0.29) is 5.69 Å². The Morgan fingerprint density at radius 2 is 2.05 bits per heavy atom. The third-order valence-corrected chi connectivity index (χ3v) is 3.48. The highest BCUT2D eigenvalue weighted by molar-refractivity contribution is 7.15. The van der Waals surface area contributed by atoms with Crippen molar-refractivity contribution in [2.24, 2.45) is 5.10 Å². The molecule has 98 valence electrons. The minimum absolute atomic E-state index is 0.0660. The molecule has 0 atom stereocenters. The molecule has 0 bridgehead atoms. The first-order chi connectivity index (χ1) is 9.06. The van der Waals surface area contributed by atoms with Crippen LogP contribution in [-0.2, 0) is 0 Å². The minimum Gasteiger partial charge on any atom is -0.258 e. The molecule has 6 nitrogen and oxygen atoms in total. The van der Waals surface area contributed by atoms with Crippen molar-refractivity contribution in [1.29, 1.82) is 0 Å². The number of anilines is 1. The largest absolute Gasteiger partial charge is 0.269 e. The second-order valence-electron chi connectivity index (χ2n) is 3.88. The zero-order chi connectivity index (χ0) is 13.8.